The minimum absolute atomic E-state index is 0.0284. The van der Waals surface area contributed by atoms with Crippen LogP contribution in [0.2, 0.25) is 0 Å². The number of aromatic nitrogens is 2. The van der Waals surface area contributed by atoms with Crippen LogP contribution >= 0.6 is 0 Å². The summed E-state index contributed by atoms with van der Waals surface area (Å²) in [4.78, 5) is 18.9. The number of carboxylic acids is 1. The Kier molecular flexibility index (Phi) is 5.91. The summed E-state index contributed by atoms with van der Waals surface area (Å²) in [6, 6.07) is 0. The molecule has 0 aliphatic heterocycles. The van der Waals surface area contributed by atoms with E-state index in [-0.39, 0.29) is 12.5 Å². The van der Waals surface area contributed by atoms with Gasteiger partial charge in [-0.25, -0.2) is 0 Å². The maximum absolute atomic E-state index is 10.8. The van der Waals surface area contributed by atoms with E-state index in [1.165, 1.54) is 0 Å². The Morgan fingerprint density at radius 2 is 2.05 bits per heavy atom. The molecule has 1 aromatic heterocycles. The molecule has 1 aromatic rings. The second-order valence-corrected chi connectivity index (χ2v) is 5.11. The lowest BCUT2D eigenvalue weighted by Gasteiger charge is -2.20. The van der Waals surface area contributed by atoms with Gasteiger partial charge >= 0.3 is 5.97 Å². The van der Waals surface area contributed by atoms with Gasteiger partial charge in [0.05, 0.1) is 13.1 Å². The van der Waals surface area contributed by atoms with Gasteiger partial charge < -0.3 is 14.5 Å². The van der Waals surface area contributed by atoms with E-state index >= 15 is 0 Å². The van der Waals surface area contributed by atoms with Gasteiger partial charge in [-0.2, -0.15) is 4.98 Å². The van der Waals surface area contributed by atoms with E-state index in [2.05, 4.69) is 10.1 Å². The van der Waals surface area contributed by atoms with E-state index in [1.54, 1.807) is 4.90 Å². The zero-order chi connectivity index (χ0) is 14.4. The molecule has 1 rings (SSSR count). The van der Waals surface area contributed by atoms with Gasteiger partial charge in [0.25, 0.3) is 0 Å². The van der Waals surface area contributed by atoms with Crippen molar-refractivity contribution in [3.63, 3.8) is 0 Å². The molecule has 0 aromatic carbocycles. The molecule has 0 saturated carbocycles. The molecule has 1 N–H and O–H groups in total. The summed E-state index contributed by atoms with van der Waals surface area (Å²) in [5.41, 5.74) is 0. The van der Waals surface area contributed by atoms with Crippen LogP contribution in [-0.4, -0.2) is 64.7 Å². The van der Waals surface area contributed by atoms with Crippen molar-refractivity contribution in [1.29, 1.82) is 0 Å². The number of carboxylic acid groups (broad SMARTS) is 1. The van der Waals surface area contributed by atoms with Crippen LogP contribution in [0.1, 0.15) is 31.5 Å². The smallest absolute Gasteiger partial charge is 0.317 e. The van der Waals surface area contributed by atoms with Crippen LogP contribution in [0.25, 0.3) is 0 Å². The van der Waals surface area contributed by atoms with Crippen LogP contribution < -0.4 is 0 Å². The van der Waals surface area contributed by atoms with E-state index in [0.717, 1.165) is 6.54 Å². The third-order valence-corrected chi connectivity index (χ3v) is 2.57. The topological polar surface area (TPSA) is 82.7 Å². The van der Waals surface area contributed by atoms with Gasteiger partial charge in [-0.1, -0.05) is 19.0 Å². The molecule has 0 atom stereocenters. The maximum atomic E-state index is 10.8. The predicted molar refractivity (Wildman–Crippen MR) is 69.9 cm³/mol. The van der Waals surface area contributed by atoms with E-state index < -0.39 is 5.97 Å². The normalized spacial score (nSPS) is 11.7. The summed E-state index contributed by atoms with van der Waals surface area (Å²) in [6.07, 6.45) is 0. The Morgan fingerprint density at radius 1 is 1.37 bits per heavy atom. The largest absolute Gasteiger partial charge is 0.480 e. The Bertz CT molecular complexity index is 403. The zero-order valence-electron chi connectivity index (χ0n) is 12.0. The Morgan fingerprint density at radius 3 is 2.53 bits per heavy atom. The quantitative estimate of drug-likeness (QED) is 0.742. The van der Waals surface area contributed by atoms with E-state index in [0.29, 0.717) is 24.8 Å². The van der Waals surface area contributed by atoms with Gasteiger partial charge in [0.15, 0.2) is 5.82 Å². The van der Waals surface area contributed by atoms with Crippen molar-refractivity contribution in [2.24, 2.45) is 0 Å². The molecule has 7 nitrogen and oxygen atoms in total. The first-order valence-electron chi connectivity index (χ1n) is 6.30. The highest BCUT2D eigenvalue weighted by Crippen LogP contribution is 2.11. The first-order chi connectivity index (χ1) is 8.88. The standard InChI is InChI=1S/C12H22N4O3/c1-9(2)12-13-10(14-19-12)7-16(8-11(17)18)6-5-15(3)4/h9H,5-8H2,1-4H3,(H,17,18). The lowest BCUT2D eigenvalue weighted by atomic mass is 10.2. The van der Waals surface area contributed by atoms with Crippen molar-refractivity contribution >= 4 is 5.97 Å². The van der Waals surface area contributed by atoms with E-state index in [9.17, 15) is 4.79 Å². The Labute approximate surface area is 113 Å². The minimum atomic E-state index is -0.855. The second-order valence-electron chi connectivity index (χ2n) is 5.11. The number of carbonyl (C=O) groups is 1. The van der Waals surface area contributed by atoms with Crippen LogP contribution in [0.5, 0.6) is 0 Å². The lowest BCUT2D eigenvalue weighted by Crippen LogP contribution is -2.35. The van der Waals surface area contributed by atoms with E-state index in [1.807, 2.05) is 32.8 Å². The van der Waals surface area contributed by atoms with Gasteiger partial charge in [-0.05, 0) is 14.1 Å². The van der Waals surface area contributed by atoms with Gasteiger partial charge in [-0.3, -0.25) is 9.69 Å². The molecule has 0 aliphatic rings. The molecule has 0 amide bonds. The van der Waals surface area contributed by atoms with Gasteiger partial charge in [0.1, 0.15) is 0 Å². The van der Waals surface area contributed by atoms with Crippen LogP contribution in [0.4, 0.5) is 0 Å². The highest BCUT2D eigenvalue weighted by atomic mass is 16.5. The average Bonchev–Trinajstić information content (AvgIpc) is 2.73. The van der Waals surface area contributed by atoms with Gasteiger partial charge in [0.2, 0.25) is 5.89 Å². The van der Waals surface area contributed by atoms with Crippen LogP contribution in [0, 0.1) is 0 Å². The number of nitrogens with zero attached hydrogens (tertiary/aromatic N) is 4. The van der Waals surface area contributed by atoms with Crippen molar-refractivity contribution in [1.82, 2.24) is 19.9 Å². The van der Waals surface area contributed by atoms with Crippen LogP contribution in [0.15, 0.2) is 4.52 Å². The number of rotatable bonds is 8. The summed E-state index contributed by atoms with van der Waals surface area (Å²) in [5, 5.41) is 12.8. The fraction of sp³-hybridized carbons (Fsp3) is 0.750. The third-order valence-electron chi connectivity index (χ3n) is 2.57. The molecule has 0 fully saturated rings. The second kappa shape index (κ2) is 7.20. The molecule has 0 bridgehead atoms. The summed E-state index contributed by atoms with van der Waals surface area (Å²) < 4.78 is 5.11. The first kappa shape index (κ1) is 15.6. The monoisotopic (exact) mass is 270 g/mol. The fourth-order valence-electron chi connectivity index (χ4n) is 1.51. The highest BCUT2D eigenvalue weighted by Gasteiger charge is 2.15. The van der Waals surface area contributed by atoms with Crippen molar-refractivity contribution in [2.75, 3.05) is 33.7 Å². The van der Waals surface area contributed by atoms with E-state index in [4.69, 9.17) is 9.63 Å². The SMILES string of the molecule is CC(C)c1nc(CN(CCN(C)C)CC(=O)O)no1. The summed E-state index contributed by atoms with van der Waals surface area (Å²) in [5.74, 6) is 0.434. The van der Waals surface area contributed by atoms with Crippen LogP contribution in [0.3, 0.4) is 0 Å². The molecule has 1 heterocycles. The molecule has 0 unspecified atom stereocenters. The molecule has 0 saturated heterocycles. The first-order valence-corrected chi connectivity index (χ1v) is 6.30. The molecule has 0 spiro atoms. The molecule has 19 heavy (non-hydrogen) atoms. The fourth-order valence-corrected chi connectivity index (χ4v) is 1.51. The minimum Gasteiger partial charge on any atom is -0.480 e. The molecular weight excluding hydrogens is 248 g/mol. The van der Waals surface area contributed by atoms with Crippen molar-refractivity contribution in [3.8, 4) is 0 Å². The average molecular weight is 270 g/mol. The predicted octanol–water partition coefficient (Wildman–Crippen LogP) is 0.641. The summed E-state index contributed by atoms with van der Waals surface area (Å²) >= 11 is 0. The van der Waals surface area contributed by atoms with Gasteiger partial charge in [-0.15, -0.1) is 0 Å². The van der Waals surface area contributed by atoms with Crippen LogP contribution in [-0.2, 0) is 11.3 Å². The number of aliphatic carboxylic acids is 1. The highest BCUT2D eigenvalue weighted by molar-refractivity contribution is 5.69. The van der Waals surface area contributed by atoms with Crippen molar-refractivity contribution in [3.05, 3.63) is 11.7 Å². The lowest BCUT2D eigenvalue weighted by molar-refractivity contribution is -0.138. The summed E-state index contributed by atoms with van der Waals surface area (Å²) in [7, 11) is 3.90. The maximum Gasteiger partial charge on any atom is 0.317 e. The molecule has 108 valence electrons. The zero-order valence-corrected chi connectivity index (χ0v) is 12.0. The van der Waals surface area contributed by atoms with Crippen molar-refractivity contribution < 1.29 is 14.4 Å². The summed E-state index contributed by atoms with van der Waals surface area (Å²) in [6.45, 7) is 5.72. The molecular formula is C12H22N4O3. The van der Waals surface area contributed by atoms with Gasteiger partial charge in [0, 0.05) is 19.0 Å². The number of likely N-dealkylation sites (N-methyl/N-ethyl adjacent to an activating group) is 1. The Balaban J connectivity index is 2.61. The number of hydrogen-bond acceptors (Lipinski definition) is 6. The molecule has 7 heteroatoms. The molecule has 0 radical (unpaired) electrons. The van der Waals surface area contributed by atoms with Crippen molar-refractivity contribution in [2.45, 2.75) is 26.3 Å². The number of hydrogen-bond donors (Lipinski definition) is 1. The third kappa shape index (κ3) is 5.80. The Hall–Kier alpha value is -1.47. The molecule has 0 aliphatic carbocycles.